The number of carboxylic acids is 2. The van der Waals surface area contributed by atoms with Crippen LogP contribution in [0.5, 0.6) is 0 Å². The van der Waals surface area contributed by atoms with Crippen molar-refractivity contribution in [3.05, 3.63) is 12.2 Å². The molecule has 0 aliphatic carbocycles. The summed E-state index contributed by atoms with van der Waals surface area (Å²) in [5, 5.41) is 19.4. The van der Waals surface area contributed by atoms with Crippen molar-refractivity contribution in [1.82, 2.24) is 5.32 Å². The summed E-state index contributed by atoms with van der Waals surface area (Å²) in [6.07, 6.45) is 8.79. The predicted octanol–water partition coefficient (Wildman–Crippen LogP) is 1.95. The number of hydrogen-bond donors (Lipinski definition) is 3. The second kappa shape index (κ2) is 12.2. The lowest BCUT2D eigenvalue weighted by Crippen LogP contribution is -2.22. The van der Waals surface area contributed by atoms with Gasteiger partial charge >= 0.3 is 11.9 Å². The summed E-state index contributed by atoms with van der Waals surface area (Å²) >= 11 is 0. The molecule has 1 amide bonds. The molecule has 0 atom stereocenters. The predicted molar refractivity (Wildman–Crippen MR) is 74.4 cm³/mol. The van der Waals surface area contributed by atoms with Crippen molar-refractivity contribution in [2.45, 2.75) is 51.4 Å². The Labute approximate surface area is 118 Å². The van der Waals surface area contributed by atoms with Gasteiger partial charge in [0.1, 0.15) is 0 Å². The first kappa shape index (κ1) is 18.1. The van der Waals surface area contributed by atoms with Crippen LogP contribution in [0.2, 0.25) is 0 Å². The average Bonchev–Trinajstić information content (AvgIpc) is 2.38. The van der Waals surface area contributed by atoms with Crippen LogP contribution in [-0.4, -0.2) is 34.6 Å². The summed E-state index contributed by atoms with van der Waals surface area (Å²) in [4.78, 5) is 31.5. The maximum absolute atomic E-state index is 11.1. The molecular weight excluding hydrogens is 262 g/mol. The Morgan fingerprint density at radius 3 is 1.90 bits per heavy atom. The zero-order chi connectivity index (χ0) is 15.2. The largest absolute Gasteiger partial charge is 0.481 e. The summed E-state index contributed by atoms with van der Waals surface area (Å²) in [6, 6.07) is 0. The van der Waals surface area contributed by atoms with Crippen molar-refractivity contribution in [3.8, 4) is 0 Å². The smallest absolute Gasteiger partial charge is 0.328 e. The summed E-state index contributed by atoms with van der Waals surface area (Å²) < 4.78 is 0. The maximum Gasteiger partial charge on any atom is 0.328 e. The first-order valence-corrected chi connectivity index (χ1v) is 6.93. The van der Waals surface area contributed by atoms with E-state index in [9.17, 15) is 14.4 Å². The number of nitrogens with one attached hydrogen (secondary N) is 1. The van der Waals surface area contributed by atoms with Gasteiger partial charge < -0.3 is 15.5 Å². The number of unbranched alkanes of at least 4 members (excludes halogenated alkanes) is 6. The Morgan fingerprint density at radius 1 is 0.800 bits per heavy atom. The molecule has 0 heterocycles. The molecular formula is C14H23NO5. The number of hydrogen-bond acceptors (Lipinski definition) is 3. The molecule has 0 aromatic rings. The number of rotatable bonds is 12. The van der Waals surface area contributed by atoms with Gasteiger partial charge in [-0.05, 0) is 12.8 Å². The van der Waals surface area contributed by atoms with Gasteiger partial charge in [-0.15, -0.1) is 0 Å². The summed E-state index contributed by atoms with van der Waals surface area (Å²) in [5.41, 5.74) is 0. The molecule has 6 nitrogen and oxygen atoms in total. The van der Waals surface area contributed by atoms with E-state index < -0.39 is 11.9 Å². The van der Waals surface area contributed by atoms with Crippen molar-refractivity contribution < 1.29 is 24.6 Å². The molecule has 0 spiro atoms. The standard InChI is InChI=1S/C14H23NO5/c16-12(9-10-14(19)20)15-11-7-5-3-1-2-4-6-8-13(17)18/h9-10H,1-8,11H2,(H,15,16)(H,17,18)(H,19,20)/b10-9-. The molecule has 0 aliphatic rings. The van der Waals surface area contributed by atoms with Crippen LogP contribution in [0.3, 0.4) is 0 Å². The van der Waals surface area contributed by atoms with Crippen molar-refractivity contribution in [2.24, 2.45) is 0 Å². The van der Waals surface area contributed by atoms with Crippen molar-refractivity contribution in [1.29, 1.82) is 0 Å². The minimum absolute atomic E-state index is 0.246. The average molecular weight is 285 g/mol. The number of carboxylic acid groups (broad SMARTS) is 2. The lowest BCUT2D eigenvalue weighted by Gasteiger charge is -2.02. The van der Waals surface area contributed by atoms with Crippen LogP contribution in [0.4, 0.5) is 0 Å². The van der Waals surface area contributed by atoms with Crippen LogP contribution in [0, 0.1) is 0 Å². The quantitative estimate of drug-likeness (QED) is 0.375. The molecule has 0 aromatic heterocycles. The SMILES string of the molecule is O=C(O)/C=C\C(=O)NCCCCCCCCCC(=O)O. The first-order valence-electron chi connectivity index (χ1n) is 6.93. The first-order chi connectivity index (χ1) is 9.52. The molecule has 0 rings (SSSR count). The normalized spacial score (nSPS) is 10.6. The topological polar surface area (TPSA) is 104 Å². The Kier molecular flexibility index (Phi) is 11.1. The lowest BCUT2D eigenvalue weighted by molar-refractivity contribution is -0.137. The Bertz CT molecular complexity index is 338. The number of carbonyl (C=O) groups excluding carboxylic acids is 1. The van der Waals surface area contributed by atoms with E-state index in [1.807, 2.05) is 0 Å². The van der Waals surface area contributed by atoms with Gasteiger partial charge in [-0.1, -0.05) is 32.1 Å². The van der Waals surface area contributed by atoms with Crippen LogP contribution in [0.1, 0.15) is 51.4 Å². The van der Waals surface area contributed by atoms with E-state index in [-0.39, 0.29) is 12.3 Å². The number of aliphatic carboxylic acids is 2. The summed E-state index contributed by atoms with van der Waals surface area (Å²) in [6.45, 7) is 0.543. The molecule has 6 heteroatoms. The fourth-order valence-electron chi connectivity index (χ4n) is 1.70. The highest BCUT2D eigenvalue weighted by atomic mass is 16.4. The van der Waals surface area contributed by atoms with Crippen LogP contribution in [0.25, 0.3) is 0 Å². The van der Waals surface area contributed by atoms with Crippen molar-refractivity contribution >= 4 is 17.8 Å². The molecule has 0 fully saturated rings. The second-order valence-corrected chi connectivity index (χ2v) is 4.58. The van der Waals surface area contributed by atoms with Crippen LogP contribution in [-0.2, 0) is 14.4 Å². The third kappa shape index (κ3) is 14.2. The summed E-state index contributed by atoms with van der Waals surface area (Å²) in [5.74, 6) is -2.26. The molecule has 0 aliphatic heterocycles. The van der Waals surface area contributed by atoms with Gasteiger partial charge in [0.15, 0.2) is 0 Å². The number of amides is 1. The zero-order valence-electron chi connectivity index (χ0n) is 11.6. The van der Waals surface area contributed by atoms with Gasteiger partial charge in [-0.25, -0.2) is 4.79 Å². The molecule has 0 saturated carbocycles. The van der Waals surface area contributed by atoms with Gasteiger partial charge in [-0.3, -0.25) is 9.59 Å². The van der Waals surface area contributed by atoms with Crippen LogP contribution in [0.15, 0.2) is 12.2 Å². The minimum Gasteiger partial charge on any atom is -0.481 e. The highest BCUT2D eigenvalue weighted by Gasteiger charge is 1.98. The summed E-state index contributed by atoms with van der Waals surface area (Å²) in [7, 11) is 0. The zero-order valence-corrected chi connectivity index (χ0v) is 11.6. The molecule has 114 valence electrons. The Balaban J connectivity index is 3.26. The van der Waals surface area contributed by atoms with Crippen LogP contribution < -0.4 is 5.32 Å². The lowest BCUT2D eigenvalue weighted by atomic mass is 10.1. The van der Waals surface area contributed by atoms with Gasteiger partial charge in [-0.2, -0.15) is 0 Å². The van der Waals surface area contributed by atoms with Crippen molar-refractivity contribution in [3.63, 3.8) is 0 Å². The van der Waals surface area contributed by atoms with Gasteiger partial charge in [0.2, 0.25) is 5.91 Å². The van der Waals surface area contributed by atoms with E-state index in [1.54, 1.807) is 0 Å². The van der Waals surface area contributed by atoms with E-state index in [2.05, 4.69) is 5.32 Å². The fourth-order valence-corrected chi connectivity index (χ4v) is 1.70. The Hall–Kier alpha value is -1.85. The maximum atomic E-state index is 11.1. The van der Waals surface area contributed by atoms with Gasteiger partial charge in [0.05, 0.1) is 0 Å². The van der Waals surface area contributed by atoms with E-state index in [0.717, 1.165) is 57.1 Å². The molecule has 0 unspecified atom stereocenters. The minimum atomic E-state index is -1.14. The number of carbonyl (C=O) groups is 3. The molecule has 0 bridgehead atoms. The van der Waals surface area contributed by atoms with Gasteiger partial charge in [0.25, 0.3) is 0 Å². The Morgan fingerprint density at radius 2 is 1.35 bits per heavy atom. The molecule has 3 N–H and O–H groups in total. The van der Waals surface area contributed by atoms with E-state index in [1.165, 1.54) is 0 Å². The third-order valence-corrected chi connectivity index (χ3v) is 2.74. The van der Waals surface area contributed by atoms with Crippen LogP contribution >= 0.6 is 0 Å². The molecule has 20 heavy (non-hydrogen) atoms. The monoisotopic (exact) mass is 285 g/mol. The van der Waals surface area contributed by atoms with Gasteiger partial charge in [0, 0.05) is 25.1 Å². The third-order valence-electron chi connectivity index (χ3n) is 2.74. The molecule has 0 aromatic carbocycles. The second-order valence-electron chi connectivity index (χ2n) is 4.58. The van der Waals surface area contributed by atoms with E-state index in [4.69, 9.17) is 10.2 Å². The highest BCUT2D eigenvalue weighted by molar-refractivity contribution is 5.93. The van der Waals surface area contributed by atoms with E-state index in [0.29, 0.717) is 6.54 Å². The highest BCUT2D eigenvalue weighted by Crippen LogP contribution is 2.08. The fraction of sp³-hybridized carbons (Fsp3) is 0.643. The molecule has 0 saturated heterocycles. The van der Waals surface area contributed by atoms with Crippen molar-refractivity contribution in [2.75, 3.05) is 6.54 Å². The van der Waals surface area contributed by atoms with E-state index >= 15 is 0 Å². The molecule has 0 radical (unpaired) electrons.